The highest BCUT2D eigenvalue weighted by atomic mass is 16.7. The van der Waals surface area contributed by atoms with Gasteiger partial charge >= 0.3 is 0 Å². The lowest BCUT2D eigenvalue weighted by Crippen LogP contribution is -2.55. The Kier molecular flexibility index (Phi) is 3.05. The van der Waals surface area contributed by atoms with E-state index in [0.29, 0.717) is 22.9 Å². The highest BCUT2D eigenvalue weighted by molar-refractivity contribution is 5.13. The van der Waals surface area contributed by atoms with Crippen molar-refractivity contribution in [3.63, 3.8) is 0 Å². The van der Waals surface area contributed by atoms with Gasteiger partial charge in [-0.1, -0.05) is 20.8 Å². The summed E-state index contributed by atoms with van der Waals surface area (Å²) in [7, 11) is 0. The van der Waals surface area contributed by atoms with Crippen molar-refractivity contribution >= 4 is 0 Å². The Hall–Kier alpha value is -0.120. The first-order valence-electron chi connectivity index (χ1n) is 7.79. The SMILES string of the molecule is CC1(C)OCC(NC2CC3CCC2(C)C3(C)C)CO1. The van der Waals surface area contributed by atoms with Gasteiger partial charge in [0.15, 0.2) is 5.79 Å². The summed E-state index contributed by atoms with van der Waals surface area (Å²) in [5.74, 6) is 0.479. The fraction of sp³-hybridized carbons (Fsp3) is 1.00. The van der Waals surface area contributed by atoms with Gasteiger partial charge in [0.05, 0.1) is 19.3 Å². The van der Waals surface area contributed by atoms with E-state index in [2.05, 4.69) is 26.1 Å². The molecule has 2 saturated carbocycles. The summed E-state index contributed by atoms with van der Waals surface area (Å²) < 4.78 is 11.5. The van der Waals surface area contributed by atoms with Crippen LogP contribution in [0, 0.1) is 16.7 Å². The molecule has 0 aromatic rings. The van der Waals surface area contributed by atoms with Gasteiger partial charge in [0, 0.05) is 6.04 Å². The second kappa shape index (κ2) is 4.19. The van der Waals surface area contributed by atoms with Gasteiger partial charge in [-0.05, 0) is 49.9 Å². The molecule has 2 aliphatic carbocycles. The molecule has 0 aromatic carbocycles. The van der Waals surface area contributed by atoms with E-state index in [1.165, 1.54) is 19.3 Å². The zero-order chi connectivity index (χ0) is 13.9. The molecule has 1 saturated heterocycles. The Morgan fingerprint density at radius 3 is 2.11 bits per heavy atom. The maximum Gasteiger partial charge on any atom is 0.162 e. The van der Waals surface area contributed by atoms with Crippen LogP contribution in [0.25, 0.3) is 0 Å². The van der Waals surface area contributed by atoms with E-state index in [1.807, 2.05) is 13.8 Å². The molecule has 1 heterocycles. The second-order valence-corrected chi connectivity index (χ2v) is 8.05. The fourth-order valence-electron chi connectivity index (χ4n) is 4.53. The first-order chi connectivity index (χ1) is 8.75. The Morgan fingerprint density at radius 2 is 1.63 bits per heavy atom. The van der Waals surface area contributed by atoms with Crippen molar-refractivity contribution in [1.82, 2.24) is 5.32 Å². The van der Waals surface area contributed by atoms with E-state index in [0.717, 1.165) is 19.1 Å². The zero-order valence-electron chi connectivity index (χ0n) is 13.1. The first-order valence-corrected chi connectivity index (χ1v) is 7.79. The summed E-state index contributed by atoms with van der Waals surface area (Å²) in [6.07, 6.45) is 4.10. The van der Waals surface area contributed by atoms with E-state index in [4.69, 9.17) is 9.47 Å². The summed E-state index contributed by atoms with van der Waals surface area (Å²) >= 11 is 0. The molecule has 110 valence electrons. The number of hydrogen-bond acceptors (Lipinski definition) is 3. The van der Waals surface area contributed by atoms with Crippen molar-refractivity contribution in [3.8, 4) is 0 Å². The Morgan fingerprint density at radius 1 is 1.00 bits per heavy atom. The minimum absolute atomic E-state index is 0.352. The Labute approximate surface area is 117 Å². The van der Waals surface area contributed by atoms with E-state index < -0.39 is 5.79 Å². The standard InChI is InChI=1S/C16H29NO2/c1-14(2)11-6-7-16(14,5)13(8-11)17-12-9-18-15(3,4)19-10-12/h11-13,17H,6-10H2,1-5H3. The lowest BCUT2D eigenvalue weighted by molar-refractivity contribution is -0.254. The van der Waals surface area contributed by atoms with Crippen LogP contribution in [0.15, 0.2) is 0 Å². The summed E-state index contributed by atoms with van der Waals surface area (Å²) in [6, 6.07) is 0.977. The quantitative estimate of drug-likeness (QED) is 0.834. The number of ether oxygens (including phenoxy) is 2. The maximum absolute atomic E-state index is 5.77. The highest BCUT2D eigenvalue weighted by Crippen LogP contribution is 2.65. The molecule has 3 unspecified atom stereocenters. The van der Waals surface area contributed by atoms with Crippen LogP contribution in [-0.4, -0.2) is 31.1 Å². The monoisotopic (exact) mass is 267 g/mol. The van der Waals surface area contributed by atoms with E-state index >= 15 is 0 Å². The minimum Gasteiger partial charge on any atom is -0.349 e. The molecule has 3 rings (SSSR count). The van der Waals surface area contributed by atoms with Crippen LogP contribution in [0.2, 0.25) is 0 Å². The van der Waals surface area contributed by atoms with Crippen molar-refractivity contribution in [2.24, 2.45) is 16.7 Å². The highest BCUT2D eigenvalue weighted by Gasteiger charge is 2.61. The maximum atomic E-state index is 5.77. The lowest BCUT2D eigenvalue weighted by atomic mass is 9.69. The number of rotatable bonds is 2. The largest absolute Gasteiger partial charge is 0.349 e. The average molecular weight is 267 g/mol. The topological polar surface area (TPSA) is 30.5 Å². The summed E-state index contributed by atoms with van der Waals surface area (Å²) in [5.41, 5.74) is 0.908. The molecular formula is C16H29NO2. The van der Waals surface area contributed by atoms with Crippen molar-refractivity contribution in [1.29, 1.82) is 0 Å². The van der Waals surface area contributed by atoms with Gasteiger partial charge < -0.3 is 14.8 Å². The molecule has 3 nitrogen and oxygen atoms in total. The van der Waals surface area contributed by atoms with Gasteiger partial charge in [-0.2, -0.15) is 0 Å². The first kappa shape index (κ1) is 13.8. The number of hydrogen-bond donors (Lipinski definition) is 1. The normalized spacial score (nSPS) is 44.7. The van der Waals surface area contributed by atoms with Crippen LogP contribution >= 0.6 is 0 Å². The molecule has 0 spiro atoms. The molecule has 19 heavy (non-hydrogen) atoms. The number of nitrogens with one attached hydrogen (secondary N) is 1. The molecule has 1 aliphatic heterocycles. The van der Waals surface area contributed by atoms with Crippen molar-refractivity contribution < 1.29 is 9.47 Å². The summed E-state index contributed by atoms with van der Waals surface area (Å²) in [4.78, 5) is 0. The zero-order valence-corrected chi connectivity index (χ0v) is 13.1. The molecule has 3 fully saturated rings. The molecular weight excluding hydrogens is 238 g/mol. The third-order valence-electron chi connectivity index (χ3n) is 6.50. The van der Waals surface area contributed by atoms with Gasteiger partial charge in [0.2, 0.25) is 0 Å². The predicted octanol–water partition coefficient (Wildman–Crippen LogP) is 2.94. The molecule has 3 heteroatoms. The minimum atomic E-state index is -0.407. The Balaban J connectivity index is 1.64. The fourth-order valence-corrected chi connectivity index (χ4v) is 4.53. The molecule has 0 amide bonds. The second-order valence-electron chi connectivity index (χ2n) is 8.05. The molecule has 0 radical (unpaired) electrons. The van der Waals surface area contributed by atoms with Crippen molar-refractivity contribution in [2.45, 2.75) is 71.8 Å². The van der Waals surface area contributed by atoms with Crippen molar-refractivity contribution in [2.75, 3.05) is 13.2 Å². The van der Waals surface area contributed by atoms with Crippen LogP contribution in [0.5, 0.6) is 0 Å². The van der Waals surface area contributed by atoms with Gasteiger partial charge in [-0.3, -0.25) is 0 Å². The predicted molar refractivity (Wildman–Crippen MR) is 75.9 cm³/mol. The molecule has 2 bridgehead atoms. The van der Waals surface area contributed by atoms with Crippen LogP contribution in [0.3, 0.4) is 0 Å². The molecule has 3 aliphatic rings. The molecule has 3 atom stereocenters. The smallest absolute Gasteiger partial charge is 0.162 e. The van der Waals surface area contributed by atoms with Gasteiger partial charge in [0.25, 0.3) is 0 Å². The van der Waals surface area contributed by atoms with Crippen molar-refractivity contribution in [3.05, 3.63) is 0 Å². The summed E-state index contributed by atoms with van der Waals surface area (Å²) in [5, 5.41) is 3.83. The Bertz CT molecular complexity index is 356. The number of fused-ring (bicyclic) bond motifs is 2. The van der Waals surface area contributed by atoms with Crippen LogP contribution in [0.4, 0.5) is 0 Å². The molecule has 1 N–H and O–H groups in total. The van der Waals surface area contributed by atoms with Crippen LogP contribution in [-0.2, 0) is 9.47 Å². The third kappa shape index (κ3) is 2.05. The van der Waals surface area contributed by atoms with Crippen LogP contribution < -0.4 is 5.32 Å². The van der Waals surface area contributed by atoms with Gasteiger partial charge in [-0.15, -0.1) is 0 Å². The van der Waals surface area contributed by atoms with Crippen LogP contribution in [0.1, 0.15) is 53.9 Å². The lowest BCUT2D eigenvalue weighted by Gasteiger charge is -2.43. The average Bonchev–Trinajstić information content (AvgIpc) is 2.65. The van der Waals surface area contributed by atoms with E-state index in [-0.39, 0.29) is 0 Å². The van der Waals surface area contributed by atoms with Gasteiger partial charge in [-0.25, -0.2) is 0 Å². The van der Waals surface area contributed by atoms with E-state index in [1.54, 1.807) is 0 Å². The molecule has 0 aromatic heterocycles. The third-order valence-corrected chi connectivity index (χ3v) is 6.50. The van der Waals surface area contributed by atoms with E-state index in [9.17, 15) is 0 Å². The summed E-state index contributed by atoms with van der Waals surface area (Å²) in [6.45, 7) is 12.9. The van der Waals surface area contributed by atoms with Gasteiger partial charge in [0.1, 0.15) is 0 Å².